The minimum absolute atomic E-state index is 0.0749. The zero-order valence-electron chi connectivity index (χ0n) is 28.1. The second-order valence-electron chi connectivity index (χ2n) is 14.7. The zero-order valence-corrected chi connectivity index (χ0v) is 28.1. The van der Waals surface area contributed by atoms with E-state index in [4.69, 9.17) is 5.26 Å². The van der Waals surface area contributed by atoms with Gasteiger partial charge in [0, 0.05) is 11.4 Å². The predicted molar refractivity (Wildman–Crippen MR) is 181 cm³/mol. The highest BCUT2D eigenvalue weighted by Crippen LogP contribution is 2.51. The standard InChI is InChI=1S/C39H52N4O2/c1-24(2)32-17-7-26(5)21-34(32)36(38(44)42-30-13-9-28(10-14-30)19-20-40)37(35-22-27(6)8-18-33(35)25(3)4)39(45)43-31-15-11-29(23-41)12-16-31/h9-16,24-27,32-37H,7-8,17-19,21-22H2,1-6H3,(H,42,44)(H,43,45). The second-order valence-corrected chi connectivity index (χ2v) is 14.7. The molecule has 2 amide bonds. The molecule has 2 N–H and O–H groups in total. The molecule has 0 radical (unpaired) electrons. The topological polar surface area (TPSA) is 106 Å². The number of rotatable bonds is 10. The van der Waals surface area contributed by atoms with Gasteiger partial charge in [0.05, 0.1) is 36.0 Å². The molecule has 0 bridgehead atoms. The van der Waals surface area contributed by atoms with E-state index in [1.165, 1.54) is 0 Å². The van der Waals surface area contributed by atoms with Crippen molar-refractivity contribution < 1.29 is 9.59 Å². The lowest BCUT2D eigenvalue weighted by Gasteiger charge is -2.48. The van der Waals surface area contributed by atoms with Gasteiger partial charge in [-0.25, -0.2) is 0 Å². The summed E-state index contributed by atoms with van der Waals surface area (Å²) < 4.78 is 0. The maximum atomic E-state index is 14.8. The van der Waals surface area contributed by atoms with Gasteiger partial charge in [-0.1, -0.05) is 66.5 Å². The van der Waals surface area contributed by atoms with Crippen molar-refractivity contribution >= 4 is 23.2 Å². The molecule has 0 aromatic heterocycles. The quantitative estimate of drug-likeness (QED) is 0.281. The summed E-state index contributed by atoms with van der Waals surface area (Å²) in [5.41, 5.74) is 2.79. The van der Waals surface area contributed by atoms with Crippen molar-refractivity contribution in [2.75, 3.05) is 10.6 Å². The Bertz CT molecular complexity index is 1370. The third-order valence-corrected chi connectivity index (χ3v) is 10.8. The number of benzene rings is 2. The second kappa shape index (κ2) is 15.6. The molecule has 0 saturated heterocycles. The molecule has 240 valence electrons. The number of amides is 2. The maximum absolute atomic E-state index is 14.8. The molecule has 2 fully saturated rings. The Morgan fingerprint density at radius 2 is 1.11 bits per heavy atom. The molecule has 8 unspecified atom stereocenters. The number of carbonyl (C=O) groups excluding carboxylic acids is 2. The lowest BCUT2D eigenvalue weighted by molar-refractivity contribution is -0.138. The SMILES string of the molecule is CC1CCC(C(C)C)C(C(C(=O)Nc2ccc(C#N)cc2)C(C(=O)Nc2ccc(CC#N)cc2)C2CC(C)CCC2C(C)C)C1. The summed E-state index contributed by atoms with van der Waals surface area (Å²) in [4.78, 5) is 29.6. The Labute approximate surface area is 271 Å². The minimum atomic E-state index is -0.495. The normalized spacial score (nSPS) is 26.4. The highest BCUT2D eigenvalue weighted by molar-refractivity contribution is 6.00. The van der Waals surface area contributed by atoms with Gasteiger partial charge in [-0.2, -0.15) is 10.5 Å². The first-order valence-corrected chi connectivity index (χ1v) is 17.1. The van der Waals surface area contributed by atoms with Crippen LogP contribution in [0.15, 0.2) is 48.5 Å². The molecular formula is C39H52N4O2. The fraction of sp³-hybridized carbons (Fsp3) is 0.590. The number of hydrogen-bond acceptors (Lipinski definition) is 4. The molecule has 6 nitrogen and oxygen atoms in total. The van der Waals surface area contributed by atoms with Crippen molar-refractivity contribution in [3.63, 3.8) is 0 Å². The molecule has 2 aliphatic rings. The van der Waals surface area contributed by atoms with Gasteiger partial charge < -0.3 is 10.6 Å². The number of anilines is 2. The Hall–Kier alpha value is -3.64. The first-order chi connectivity index (χ1) is 21.5. The van der Waals surface area contributed by atoms with E-state index in [2.05, 4.69) is 64.3 Å². The highest BCUT2D eigenvalue weighted by Gasteiger charge is 2.50. The van der Waals surface area contributed by atoms with Gasteiger partial charge in [-0.3, -0.25) is 9.59 Å². The molecule has 2 aromatic carbocycles. The summed E-state index contributed by atoms with van der Waals surface area (Å²) in [5.74, 6) is 1.46. The third-order valence-electron chi connectivity index (χ3n) is 10.8. The van der Waals surface area contributed by atoms with Gasteiger partial charge in [0.1, 0.15) is 0 Å². The summed E-state index contributed by atoms with van der Waals surface area (Å²) in [6.07, 6.45) is 6.59. The van der Waals surface area contributed by atoms with Crippen LogP contribution in [0.5, 0.6) is 0 Å². The first-order valence-electron chi connectivity index (χ1n) is 17.1. The number of nitrogens with zero attached hydrogens (tertiary/aromatic N) is 2. The van der Waals surface area contributed by atoms with Crippen LogP contribution in [0.3, 0.4) is 0 Å². The molecule has 0 aliphatic heterocycles. The fourth-order valence-corrected chi connectivity index (χ4v) is 8.50. The summed E-state index contributed by atoms with van der Waals surface area (Å²) in [7, 11) is 0. The lowest BCUT2D eigenvalue weighted by atomic mass is 9.56. The van der Waals surface area contributed by atoms with E-state index in [0.717, 1.165) is 44.1 Å². The summed E-state index contributed by atoms with van der Waals surface area (Å²) in [6.45, 7) is 13.6. The van der Waals surface area contributed by atoms with Crippen molar-refractivity contribution in [2.45, 2.75) is 86.5 Å². The summed E-state index contributed by atoms with van der Waals surface area (Å²) >= 11 is 0. The van der Waals surface area contributed by atoms with E-state index in [1.54, 1.807) is 24.3 Å². The van der Waals surface area contributed by atoms with Crippen molar-refractivity contribution in [3.8, 4) is 12.1 Å². The largest absolute Gasteiger partial charge is 0.326 e. The highest BCUT2D eigenvalue weighted by atomic mass is 16.2. The predicted octanol–water partition coefficient (Wildman–Crippen LogP) is 8.85. The van der Waals surface area contributed by atoms with Crippen LogP contribution >= 0.6 is 0 Å². The van der Waals surface area contributed by atoms with E-state index in [0.29, 0.717) is 58.9 Å². The molecule has 2 aromatic rings. The average Bonchev–Trinajstić information content (AvgIpc) is 3.00. The van der Waals surface area contributed by atoms with Crippen LogP contribution in [0.1, 0.15) is 91.2 Å². The maximum Gasteiger partial charge on any atom is 0.228 e. The van der Waals surface area contributed by atoms with E-state index in [-0.39, 0.29) is 23.7 Å². The Balaban J connectivity index is 1.82. The van der Waals surface area contributed by atoms with Crippen LogP contribution in [0, 0.1) is 81.8 Å². The number of nitriles is 2. The van der Waals surface area contributed by atoms with E-state index in [1.807, 2.05) is 24.3 Å². The Morgan fingerprint density at radius 3 is 1.49 bits per heavy atom. The van der Waals surface area contributed by atoms with Crippen LogP contribution in [0.2, 0.25) is 0 Å². The monoisotopic (exact) mass is 608 g/mol. The molecular weight excluding hydrogens is 556 g/mol. The summed E-state index contributed by atoms with van der Waals surface area (Å²) in [6, 6.07) is 18.9. The molecule has 2 aliphatic carbocycles. The summed E-state index contributed by atoms with van der Waals surface area (Å²) in [5, 5.41) is 24.9. The number of nitrogens with one attached hydrogen (secondary N) is 2. The van der Waals surface area contributed by atoms with Gasteiger partial charge >= 0.3 is 0 Å². The van der Waals surface area contributed by atoms with Gasteiger partial charge in [0.2, 0.25) is 11.8 Å². The minimum Gasteiger partial charge on any atom is -0.326 e. The van der Waals surface area contributed by atoms with E-state index in [9.17, 15) is 14.9 Å². The molecule has 6 heteroatoms. The van der Waals surface area contributed by atoms with Gasteiger partial charge in [-0.15, -0.1) is 0 Å². The zero-order chi connectivity index (χ0) is 32.7. The Morgan fingerprint density at radius 1 is 0.689 bits per heavy atom. The van der Waals surface area contributed by atoms with Crippen molar-refractivity contribution in [3.05, 3.63) is 59.7 Å². The molecule has 2 saturated carbocycles. The van der Waals surface area contributed by atoms with Crippen molar-refractivity contribution in [1.29, 1.82) is 10.5 Å². The third kappa shape index (κ3) is 8.55. The van der Waals surface area contributed by atoms with Crippen LogP contribution < -0.4 is 10.6 Å². The smallest absolute Gasteiger partial charge is 0.228 e. The van der Waals surface area contributed by atoms with Crippen LogP contribution in [0.25, 0.3) is 0 Å². The lowest BCUT2D eigenvalue weighted by Crippen LogP contribution is -2.51. The molecule has 4 rings (SSSR count). The van der Waals surface area contributed by atoms with Gasteiger partial charge in [0.15, 0.2) is 0 Å². The number of hydrogen-bond donors (Lipinski definition) is 2. The fourth-order valence-electron chi connectivity index (χ4n) is 8.50. The van der Waals surface area contributed by atoms with Crippen LogP contribution in [-0.4, -0.2) is 11.8 Å². The molecule has 45 heavy (non-hydrogen) atoms. The first kappa shape index (κ1) is 34.2. The number of carbonyl (C=O) groups is 2. The van der Waals surface area contributed by atoms with Crippen molar-refractivity contribution in [1.82, 2.24) is 0 Å². The Kier molecular flexibility index (Phi) is 11.8. The van der Waals surface area contributed by atoms with E-state index < -0.39 is 11.8 Å². The average molecular weight is 609 g/mol. The molecule has 8 atom stereocenters. The van der Waals surface area contributed by atoms with Crippen molar-refractivity contribution in [2.24, 2.45) is 59.2 Å². The van der Waals surface area contributed by atoms with Gasteiger partial charge in [-0.05, 0) is 115 Å². The van der Waals surface area contributed by atoms with Crippen LogP contribution in [0.4, 0.5) is 11.4 Å². The van der Waals surface area contributed by atoms with E-state index >= 15 is 0 Å². The van der Waals surface area contributed by atoms with Gasteiger partial charge in [0.25, 0.3) is 0 Å². The molecule has 0 spiro atoms. The van der Waals surface area contributed by atoms with Crippen LogP contribution in [-0.2, 0) is 16.0 Å². The molecule has 0 heterocycles.